The van der Waals surface area contributed by atoms with Crippen molar-refractivity contribution >= 4 is 0 Å². The predicted octanol–water partition coefficient (Wildman–Crippen LogP) is 13.3. The minimum Gasteiger partial charge on any atom is -0.208 e. The van der Waals surface area contributed by atoms with Gasteiger partial charge in [0.15, 0.2) is 12.4 Å². The van der Waals surface area contributed by atoms with Crippen LogP contribution in [0.4, 0.5) is 0 Å². The van der Waals surface area contributed by atoms with Crippen LogP contribution in [-0.4, -0.2) is 0 Å². The highest BCUT2D eigenvalue weighted by Crippen LogP contribution is 2.28. The average Bonchev–Trinajstić information content (AvgIpc) is 2.97. The molecule has 0 saturated carbocycles. The van der Waals surface area contributed by atoms with Gasteiger partial charge in [-0.15, -0.1) is 0 Å². The summed E-state index contributed by atoms with van der Waals surface area (Å²) in [5.74, 6) is 0.774. The van der Waals surface area contributed by atoms with E-state index < -0.39 is 0 Å². The van der Waals surface area contributed by atoms with Crippen molar-refractivity contribution in [2.45, 2.75) is 212 Å². The first kappa shape index (κ1) is 37.2. The summed E-state index contributed by atoms with van der Waals surface area (Å²) in [7, 11) is 2.14. The molecule has 0 fully saturated rings. The Bertz CT molecular complexity index is 574. The number of aryl methyl sites for hydroxylation is 1. The molecule has 0 spiro atoms. The smallest absolute Gasteiger partial charge is 0.168 e. The van der Waals surface area contributed by atoms with Gasteiger partial charge in [-0.05, 0) is 24.3 Å². The van der Waals surface area contributed by atoms with Crippen molar-refractivity contribution in [2.75, 3.05) is 0 Å². The number of unbranched alkanes of at least 4 members (excludes halogenated alkanes) is 26. The van der Waals surface area contributed by atoms with Crippen LogP contribution in [-0.2, 0) is 7.05 Å². The number of rotatable bonds is 31. The Hall–Kier alpha value is -0.850. The third kappa shape index (κ3) is 23.8. The molecule has 0 radical (unpaired) electrons. The van der Waals surface area contributed by atoms with Crippen molar-refractivity contribution in [1.29, 1.82) is 0 Å². The van der Waals surface area contributed by atoms with E-state index in [1.807, 2.05) is 0 Å². The summed E-state index contributed by atoms with van der Waals surface area (Å²) >= 11 is 0. The Morgan fingerprint density at radius 3 is 0.925 bits per heavy atom. The van der Waals surface area contributed by atoms with Gasteiger partial charge in [0.05, 0.1) is 0 Å². The lowest BCUT2D eigenvalue weighted by atomic mass is 9.88. The molecule has 1 heteroatoms. The topological polar surface area (TPSA) is 3.88 Å². The van der Waals surface area contributed by atoms with Crippen LogP contribution in [0, 0.1) is 0 Å². The van der Waals surface area contributed by atoms with E-state index in [1.165, 1.54) is 193 Å². The second kappa shape index (κ2) is 29.6. The van der Waals surface area contributed by atoms with E-state index in [2.05, 4.69) is 50.0 Å². The standard InChI is InChI=1S/C39H74N/c1-4-6-8-10-12-14-16-18-20-22-24-26-28-30-32-38(39-34-36-40(3)37-35-39)33-31-29-27-25-23-21-19-17-15-13-11-9-7-5-2/h34-38H,4-33H2,1-3H3/q+1. The molecule has 0 amide bonds. The van der Waals surface area contributed by atoms with Crippen LogP contribution in [0.5, 0.6) is 0 Å². The molecule has 0 aliphatic carbocycles. The molecular formula is C39H74N+. The number of hydrogen-bond donors (Lipinski definition) is 0. The summed E-state index contributed by atoms with van der Waals surface area (Å²) in [4.78, 5) is 0. The largest absolute Gasteiger partial charge is 0.208 e. The fourth-order valence-corrected chi connectivity index (χ4v) is 6.43. The quantitative estimate of drug-likeness (QED) is 0.0632. The number of aromatic nitrogens is 1. The van der Waals surface area contributed by atoms with Crippen molar-refractivity contribution < 1.29 is 4.57 Å². The molecule has 0 bridgehead atoms. The first-order valence-corrected chi connectivity index (χ1v) is 18.7. The highest BCUT2D eigenvalue weighted by Gasteiger charge is 2.12. The number of hydrogen-bond acceptors (Lipinski definition) is 0. The van der Waals surface area contributed by atoms with E-state index in [4.69, 9.17) is 0 Å². The van der Waals surface area contributed by atoms with Crippen LogP contribution in [0.15, 0.2) is 24.5 Å². The third-order valence-corrected chi connectivity index (χ3v) is 9.29. The van der Waals surface area contributed by atoms with Gasteiger partial charge in [0.25, 0.3) is 0 Å². The molecule has 1 aromatic rings. The highest BCUT2D eigenvalue weighted by molar-refractivity contribution is 5.13. The molecule has 0 aliphatic heterocycles. The lowest BCUT2D eigenvalue weighted by Gasteiger charge is -2.17. The molecule has 40 heavy (non-hydrogen) atoms. The predicted molar refractivity (Wildman–Crippen MR) is 180 cm³/mol. The molecule has 1 aromatic heterocycles. The fourth-order valence-electron chi connectivity index (χ4n) is 6.43. The van der Waals surface area contributed by atoms with Crippen LogP contribution in [0.2, 0.25) is 0 Å². The second-order valence-corrected chi connectivity index (χ2v) is 13.3. The van der Waals surface area contributed by atoms with E-state index in [-0.39, 0.29) is 0 Å². The maximum absolute atomic E-state index is 2.39. The summed E-state index contributed by atoms with van der Waals surface area (Å²) in [6.07, 6.45) is 47.9. The fraction of sp³-hybridized carbons (Fsp3) is 0.872. The number of pyridine rings is 1. The lowest BCUT2D eigenvalue weighted by molar-refractivity contribution is -0.671. The summed E-state index contributed by atoms with van der Waals surface area (Å²) in [6, 6.07) is 4.77. The van der Waals surface area contributed by atoms with Crippen LogP contribution in [0.3, 0.4) is 0 Å². The minimum absolute atomic E-state index is 0.774. The summed E-state index contributed by atoms with van der Waals surface area (Å²) in [5, 5.41) is 0. The lowest BCUT2D eigenvalue weighted by Crippen LogP contribution is -2.26. The second-order valence-electron chi connectivity index (χ2n) is 13.3. The van der Waals surface area contributed by atoms with E-state index in [1.54, 1.807) is 5.56 Å². The van der Waals surface area contributed by atoms with Gasteiger partial charge in [-0.2, -0.15) is 0 Å². The van der Waals surface area contributed by atoms with Crippen molar-refractivity contribution in [3.63, 3.8) is 0 Å². The van der Waals surface area contributed by atoms with Crippen molar-refractivity contribution in [3.05, 3.63) is 30.1 Å². The molecular weight excluding hydrogens is 482 g/mol. The van der Waals surface area contributed by atoms with Gasteiger partial charge in [-0.3, -0.25) is 0 Å². The van der Waals surface area contributed by atoms with Crippen LogP contribution >= 0.6 is 0 Å². The monoisotopic (exact) mass is 557 g/mol. The Morgan fingerprint density at radius 2 is 0.650 bits per heavy atom. The molecule has 0 atom stereocenters. The Morgan fingerprint density at radius 1 is 0.400 bits per heavy atom. The molecule has 234 valence electrons. The maximum Gasteiger partial charge on any atom is 0.168 e. The zero-order valence-electron chi connectivity index (χ0n) is 28.0. The number of nitrogens with zero attached hydrogens (tertiary/aromatic N) is 1. The zero-order chi connectivity index (χ0) is 28.8. The van der Waals surface area contributed by atoms with Crippen molar-refractivity contribution in [3.8, 4) is 0 Å². The maximum atomic E-state index is 2.39. The third-order valence-electron chi connectivity index (χ3n) is 9.29. The van der Waals surface area contributed by atoms with Gasteiger partial charge in [0.1, 0.15) is 7.05 Å². The Kier molecular flexibility index (Phi) is 27.5. The first-order chi connectivity index (χ1) is 19.8. The normalized spacial score (nSPS) is 11.6. The average molecular weight is 557 g/mol. The van der Waals surface area contributed by atoms with Gasteiger partial charge in [-0.1, -0.05) is 194 Å². The molecule has 0 N–H and O–H groups in total. The molecule has 1 heterocycles. The molecule has 1 rings (SSSR count). The van der Waals surface area contributed by atoms with Crippen LogP contribution < -0.4 is 4.57 Å². The van der Waals surface area contributed by atoms with Crippen LogP contribution in [0.25, 0.3) is 0 Å². The van der Waals surface area contributed by atoms with Gasteiger partial charge in [0, 0.05) is 12.1 Å². The zero-order valence-corrected chi connectivity index (χ0v) is 28.0. The molecule has 0 saturated heterocycles. The molecule has 0 aromatic carbocycles. The van der Waals surface area contributed by atoms with Crippen molar-refractivity contribution in [1.82, 2.24) is 0 Å². The SMILES string of the molecule is CCCCCCCCCCCCCCCCC(CCCCCCCCCCCCCCCC)c1cc[n+](C)cc1. The molecule has 0 aliphatic rings. The van der Waals surface area contributed by atoms with E-state index in [0.29, 0.717) is 0 Å². The van der Waals surface area contributed by atoms with E-state index in [0.717, 1.165) is 5.92 Å². The Balaban J connectivity index is 2.05. The Labute approximate surface area is 253 Å². The van der Waals surface area contributed by atoms with Crippen molar-refractivity contribution in [2.24, 2.45) is 7.05 Å². The van der Waals surface area contributed by atoms with Gasteiger partial charge < -0.3 is 0 Å². The van der Waals surface area contributed by atoms with E-state index >= 15 is 0 Å². The first-order valence-electron chi connectivity index (χ1n) is 18.7. The summed E-state index contributed by atoms with van der Waals surface area (Å²) in [6.45, 7) is 4.62. The van der Waals surface area contributed by atoms with E-state index in [9.17, 15) is 0 Å². The minimum atomic E-state index is 0.774. The van der Waals surface area contributed by atoms with Gasteiger partial charge >= 0.3 is 0 Å². The molecule has 0 unspecified atom stereocenters. The highest BCUT2D eigenvalue weighted by atomic mass is 14.9. The van der Waals surface area contributed by atoms with Gasteiger partial charge in [0.2, 0.25) is 0 Å². The van der Waals surface area contributed by atoms with Crippen LogP contribution in [0.1, 0.15) is 218 Å². The summed E-state index contributed by atoms with van der Waals surface area (Å²) in [5.41, 5.74) is 1.59. The molecule has 1 nitrogen and oxygen atoms in total. The summed E-state index contributed by atoms with van der Waals surface area (Å²) < 4.78 is 2.18. The van der Waals surface area contributed by atoms with Gasteiger partial charge in [-0.25, -0.2) is 4.57 Å².